The van der Waals surface area contributed by atoms with E-state index in [0.29, 0.717) is 0 Å². The predicted octanol–water partition coefficient (Wildman–Crippen LogP) is 3.39. The van der Waals surface area contributed by atoms with Crippen LogP contribution in [-0.2, 0) is 4.79 Å². The Labute approximate surface area is 89.4 Å². The zero-order valence-corrected chi connectivity index (χ0v) is 9.35. The van der Waals surface area contributed by atoms with Crippen LogP contribution >= 0.6 is 11.6 Å². The maximum atomic E-state index is 10.5. The molecule has 0 aliphatic heterocycles. The quantitative estimate of drug-likeness (QED) is 0.538. The molecule has 0 N–H and O–H groups in total. The number of halogens is 1. The SMILES string of the molecule is Cc1cc(/C=C/C(=O)Cl)cc(C)c1C. The molecule has 0 bridgehead atoms. The zero-order chi connectivity index (χ0) is 10.7. The van der Waals surface area contributed by atoms with E-state index in [2.05, 4.69) is 20.8 Å². The fourth-order valence-corrected chi connectivity index (χ4v) is 1.39. The second kappa shape index (κ2) is 4.43. The van der Waals surface area contributed by atoms with Crippen molar-refractivity contribution in [3.63, 3.8) is 0 Å². The fourth-order valence-electron chi connectivity index (χ4n) is 1.33. The average Bonchev–Trinajstić information content (AvgIpc) is 2.10. The van der Waals surface area contributed by atoms with Gasteiger partial charge in [-0.2, -0.15) is 0 Å². The molecule has 14 heavy (non-hydrogen) atoms. The van der Waals surface area contributed by atoms with Crippen molar-refractivity contribution in [3.8, 4) is 0 Å². The topological polar surface area (TPSA) is 17.1 Å². The number of carbonyl (C=O) groups is 1. The molecule has 0 atom stereocenters. The van der Waals surface area contributed by atoms with Crippen LogP contribution in [0, 0.1) is 20.8 Å². The molecule has 0 saturated heterocycles. The lowest BCUT2D eigenvalue weighted by atomic mass is 10.0. The molecule has 0 radical (unpaired) electrons. The van der Waals surface area contributed by atoms with E-state index in [1.165, 1.54) is 22.8 Å². The van der Waals surface area contributed by atoms with Crippen LogP contribution in [0.25, 0.3) is 6.08 Å². The summed E-state index contributed by atoms with van der Waals surface area (Å²) in [5.74, 6) is 0. The molecule has 0 spiro atoms. The molecule has 74 valence electrons. The van der Waals surface area contributed by atoms with Crippen molar-refractivity contribution < 1.29 is 4.79 Å². The maximum absolute atomic E-state index is 10.5. The molecule has 0 saturated carbocycles. The third-order valence-corrected chi connectivity index (χ3v) is 2.48. The highest BCUT2D eigenvalue weighted by Gasteiger charge is 1.98. The van der Waals surface area contributed by atoms with Crippen LogP contribution in [0.4, 0.5) is 0 Å². The van der Waals surface area contributed by atoms with Gasteiger partial charge in [0.2, 0.25) is 5.24 Å². The van der Waals surface area contributed by atoms with Gasteiger partial charge in [0.1, 0.15) is 0 Å². The van der Waals surface area contributed by atoms with Crippen molar-refractivity contribution >= 4 is 22.9 Å². The Hall–Kier alpha value is -1.08. The van der Waals surface area contributed by atoms with Gasteiger partial charge < -0.3 is 0 Å². The van der Waals surface area contributed by atoms with Crippen LogP contribution in [0.1, 0.15) is 22.3 Å². The molecule has 0 fully saturated rings. The number of hydrogen-bond donors (Lipinski definition) is 0. The van der Waals surface area contributed by atoms with Crippen molar-refractivity contribution in [2.24, 2.45) is 0 Å². The lowest BCUT2D eigenvalue weighted by molar-refractivity contribution is -0.107. The molecule has 1 aromatic carbocycles. The third-order valence-electron chi connectivity index (χ3n) is 2.36. The molecule has 0 heterocycles. The van der Waals surface area contributed by atoms with E-state index < -0.39 is 5.24 Å². The number of hydrogen-bond acceptors (Lipinski definition) is 1. The summed E-state index contributed by atoms with van der Waals surface area (Å²) in [6.45, 7) is 6.20. The van der Waals surface area contributed by atoms with E-state index in [1.807, 2.05) is 12.1 Å². The number of aryl methyl sites for hydroxylation is 2. The molecule has 1 aromatic rings. The van der Waals surface area contributed by atoms with Crippen molar-refractivity contribution in [3.05, 3.63) is 40.5 Å². The van der Waals surface area contributed by atoms with E-state index in [1.54, 1.807) is 6.08 Å². The molecule has 2 heteroatoms. The van der Waals surface area contributed by atoms with Crippen molar-refractivity contribution in [1.82, 2.24) is 0 Å². The maximum Gasteiger partial charge on any atom is 0.245 e. The molecular formula is C12H13ClO. The first-order valence-electron chi connectivity index (χ1n) is 4.46. The minimum absolute atomic E-state index is 0.444. The molecule has 0 unspecified atom stereocenters. The van der Waals surface area contributed by atoms with Gasteiger partial charge in [-0.15, -0.1) is 0 Å². The Kier molecular flexibility index (Phi) is 3.48. The molecule has 0 aliphatic carbocycles. The Morgan fingerprint density at radius 3 is 2.14 bits per heavy atom. The van der Waals surface area contributed by atoms with Gasteiger partial charge >= 0.3 is 0 Å². The van der Waals surface area contributed by atoms with Crippen LogP contribution in [-0.4, -0.2) is 5.24 Å². The lowest BCUT2D eigenvalue weighted by Gasteiger charge is -2.05. The molecule has 1 nitrogen and oxygen atoms in total. The standard InChI is InChI=1S/C12H13ClO/c1-8-6-11(4-5-12(13)14)7-9(2)10(8)3/h4-7H,1-3H3/b5-4+. The van der Waals surface area contributed by atoms with E-state index in [9.17, 15) is 4.79 Å². The number of rotatable bonds is 2. The molecule has 0 amide bonds. The molecule has 1 rings (SSSR count). The van der Waals surface area contributed by atoms with Gasteiger partial charge in [0, 0.05) is 0 Å². The van der Waals surface area contributed by atoms with Gasteiger partial charge in [-0.25, -0.2) is 0 Å². The molecular weight excluding hydrogens is 196 g/mol. The van der Waals surface area contributed by atoms with Crippen molar-refractivity contribution in [1.29, 1.82) is 0 Å². The van der Waals surface area contributed by atoms with Gasteiger partial charge in [-0.05, 0) is 60.7 Å². The highest BCUT2D eigenvalue weighted by atomic mass is 35.5. The second-order valence-electron chi connectivity index (χ2n) is 3.42. The Morgan fingerprint density at radius 1 is 1.21 bits per heavy atom. The summed E-state index contributed by atoms with van der Waals surface area (Å²) in [4.78, 5) is 10.5. The van der Waals surface area contributed by atoms with Gasteiger partial charge in [-0.1, -0.05) is 18.2 Å². The van der Waals surface area contributed by atoms with E-state index in [0.717, 1.165) is 5.56 Å². The fraction of sp³-hybridized carbons (Fsp3) is 0.250. The Bertz CT molecular complexity index is 368. The van der Waals surface area contributed by atoms with Gasteiger partial charge in [0.05, 0.1) is 0 Å². The smallest absolute Gasteiger partial charge is 0.245 e. The van der Waals surface area contributed by atoms with Gasteiger partial charge in [-0.3, -0.25) is 4.79 Å². The number of carbonyl (C=O) groups excluding carboxylic acids is 1. The summed E-state index contributed by atoms with van der Waals surface area (Å²) >= 11 is 5.21. The van der Waals surface area contributed by atoms with Crippen LogP contribution in [0.2, 0.25) is 0 Å². The monoisotopic (exact) mass is 208 g/mol. The minimum Gasteiger partial charge on any atom is -0.276 e. The summed E-state index contributed by atoms with van der Waals surface area (Å²) in [6.07, 6.45) is 3.10. The van der Waals surface area contributed by atoms with E-state index >= 15 is 0 Å². The van der Waals surface area contributed by atoms with Gasteiger partial charge in [0.25, 0.3) is 0 Å². The predicted molar refractivity (Wildman–Crippen MR) is 60.5 cm³/mol. The summed E-state index contributed by atoms with van der Waals surface area (Å²) < 4.78 is 0. The Balaban J connectivity index is 3.07. The van der Waals surface area contributed by atoms with E-state index in [-0.39, 0.29) is 0 Å². The number of allylic oxidation sites excluding steroid dienone is 1. The van der Waals surface area contributed by atoms with Crippen molar-refractivity contribution in [2.75, 3.05) is 0 Å². The summed E-state index contributed by atoms with van der Waals surface area (Å²) in [5.41, 5.74) is 4.76. The normalized spacial score (nSPS) is 10.9. The first-order valence-corrected chi connectivity index (χ1v) is 4.84. The van der Waals surface area contributed by atoms with Crippen LogP contribution in [0.3, 0.4) is 0 Å². The zero-order valence-electron chi connectivity index (χ0n) is 8.60. The number of benzene rings is 1. The minimum atomic E-state index is -0.444. The first-order chi connectivity index (χ1) is 6.50. The molecule has 0 aliphatic rings. The largest absolute Gasteiger partial charge is 0.276 e. The highest BCUT2D eigenvalue weighted by molar-refractivity contribution is 6.66. The van der Waals surface area contributed by atoms with E-state index in [4.69, 9.17) is 11.6 Å². The summed E-state index contributed by atoms with van der Waals surface area (Å²) in [6, 6.07) is 4.08. The lowest BCUT2D eigenvalue weighted by Crippen LogP contribution is -1.88. The first kappa shape index (κ1) is 11.0. The van der Waals surface area contributed by atoms with Crippen molar-refractivity contribution in [2.45, 2.75) is 20.8 Å². The molecule has 0 aromatic heterocycles. The average molecular weight is 209 g/mol. The highest BCUT2D eigenvalue weighted by Crippen LogP contribution is 2.16. The van der Waals surface area contributed by atoms with Crippen LogP contribution in [0.15, 0.2) is 18.2 Å². The van der Waals surface area contributed by atoms with Gasteiger partial charge in [0.15, 0.2) is 0 Å². The second-order valence-corrected chi connectivity index (χ2v) is 3.79. The Morgan fingerprint density at radius 2 is 1.71 bits per heavy atom. The summed E-state index contributed by atoms with van der Waals surface area (Å²) in [7, 11) is 0. The van der Waals surface area contributed by atoms with Crippen LogP contribution < -0.4 is 0 Å². The summed E-state index contributed by atoms with van der Waals surface area (Å²) in [5, 5.41) is -0.444. The van der Waals surface area contributed by atoms with Crippen LogP contribution in [0.5, 0.6) is 0 Å². The third kappa shape index (κ3) is 2.71.